The van der Waals surface area contributed by atoms with Crippen LogP contribution in [-0.4, -0.2) is 32.6 Å². The van der Waals surface area contributed by atoms with E-state index >= 15 is 0 Å². The fourth-order valence-corrected chi connectivity index (χ4v) is 3.46. The first-order chi connectivity index (χ1) is 16.1. The van der Waals surface area contributed by atoms with E-state index in [0.717, 1.165) is 27.9 Å². The summed E-state index contributed by atoms with van der Waals surface area (Å²) in [5.41, 5.74) is 5.22. The molecule has 0 radical (unpaired) electrons. The molecule has 4 aromatic rings. The molecule has 1 amide bonds. The standard InChI is InChI=1S/C27H23N5O/c1-31(18-23-11-9-21(16-28)10-12-23)26(33)14-13-25-20-32(19-22-6-3-2-4-7-22)30-27(25)24-8-5-15-29-17-24/h2-15,17,20H,18-19H2,1H3/b14-13+. The second kappa shape index (κ2) is 10.2. The van der Waals surface area contributed by atoms with Crippen LogP contribution in [0.2, 0.25) is 0 Å². The van der Waals surface area contributed by atoms with Crippen LogP contribution in [0.5, 0.6) is 0 Å². The largest absolute Gasteiger partial charge is 0.338 e. The highest BCUT2D eigenvalue weighted by molar-refractivity contribution is 5.92. The quantitative estimate of drug-likeness (QED) is 0.401. The van der Waals surface area contributed by atoms with Crippen LogP contribution < -0.4 is 0 Å². The fraction of sp³-hybridized carbons (Fsp3) is 0.111. The highest BCUT2D eigenvalue weighted by Crippen LogP contribution is 2.23. The van der Waals surface area contributed by atoms with Gasteiger partial charge in [-0.2, -0.15) is 10.4 Å². The molecule has 0 saturated heterocycles. The number of hydrogen-bond acceptors (Lipinski definition) is 4. The lowest BCUT2D eigenvalue weighted by Gasteiger charge is -2.15. The Kier molecular flexibility index (Phi) is 6.72. The van der Waals surface area contributed by atoms with Crippen LogP contribution in [0.1, 0.15) is 22.3 Å². The Labute approximate surface area is 193 Å². The molecule has 0 atom stereocenters. The van der Waals surface area contributed by atoms with Crippen molar-refractivity contribution in [2.24, 2.45) is 0 Å². The molecule has 0 N–H and O–H groups in total. The number of benzene rings is 2. The van der Waals surface area contributed by atoms with Crippen molar-refractivity contribution in [3.8, 4) is 17.3 Å². The summed E-state index contributed by atoms with van der Waals surface area (Å²) < 4.78 is 1.88. The van der Waals surface area contributed by atoms with Gasteiger partial charge in [-0.3, -0.25) is 14.5 Å². The molecule has 33 heavy (non-hydrogen) atoms. The molecule has 0 aliphatic heterocycles. The highest BCUT2D eigenvalue weighted by Gasteiger charge is 2.12. The Balaban J connectivity index is 1.53. The van der Waals surface area contributed by atoms with Gasteiger partial charge in [0, 0.05) is 49.4 Å². The third kappa shape index (κ3) is 5.60. The summed E-state index contributed by atoms with van der Waals surface area (Å²) in [6.07, 6.45) is 8.80. The van der Waals surface area contributed by atoms with E-state index in [1.54, 1.807) is 48.6 Å². The lowest BCUT2D eigenvalue weighted by molar-refractivity contribution is -0.125. The summed E-state index contributed by atoms with van der Waals surface area (Å²) >= 11 is 0. The number of likely N-dealkylation sites (N-methyl/N-ethyl adjacent to an activating group) is 1. The Morgan fingerprint density at radius 3 is 2.55 bits per heavy atom. The van der Waals surface area contributed by atoms with E-state index in [4.69, 9.17) is 10.4 Å². The molecule has 0 saturated carbocycles. The van der Waals surface area contributed by atoms with Gasteiger partial charge in [-0.25, -0.2) is 0 Å². The maximum Gasteiger partial charge on any atom is 0.246 e. The Bertz CT molecular complexity index is 1290. The zero-order valence-electron chi connectivity index (χ0n) is 18.3. The lowest BCUT2D eigenvalue weighted by atomic mass is 10.1. The molecule has 0 fully saturated rings. The molecule has 2 aromatic carbocycles. The van der Waals surface area contributed by atoms with Gasteiger partial charge in [0.05, 0.1) is 18.2 Å². The number of amides is 1. The molecule has 6 heteroatoms. The van der Waals surface area contributed by atoms with Crippen molar-refractivity contribution in [1.82, 2.24) is 19.7 Å². The van der Waals surface area contributed by atoms with Crippen LogP contribution >= 0.6 is 0 Å². The third-order valence-electron chi connectivity index (χ3n) is 5.20. The van der Waals surface area contributed by atoms with Crippen LogP contribution in [0.3, 0.4) is 0 Å². The van der Waals surface area contributed by atoms with E-state index in [2.05, 4.69) is 23.2 Å². The van der Waals surface area contributed by atoms with Crippen molar-refractivity contribution in [3.63, 3.8) is 0 Å². The predicted octanol–water partition coefficient (Wildman–Crippen LogP) is 4.54. The second-order valence-electron chi connectivity index (χ2n) is 7.69. The third-order valence-corrected chi connectivity index (χ3v) is 5.20. The van der Waals surface area contributed by atoms with Crippen LogP contribution in [0.25, 0.3) is 17.3 Å². The maximum absolute atomic E-state index is 12.7. The monoisotopic (exact) mass is 433 g/mol. The van der Waals surface area contributed by atoms with E-state index < -0.39 is 0 Å². The van der Waals surface area contributed by atoms with Gasteiger partial charge in [0.2, 0.25) is 5.91 Å². The molecule has 2 heterocycles. The number of aromatic nitrogens is 3. The van der Waals surface area contributed by atoms with Gasteiger partial charge in [0.25, 0.3) is 0 Å². The van der Waals surface area contributed by atoms with Gasteiger partial charge in [0.1, 0.15) is 5.69 Å². The summed E-state index contributed by atoms with van der Waals surface area (Å²) in [5.74, 6) is -0.118. The first-order valence-corrected chi connectivity index (χ1v) is 10.6. The van der Waals surface area contributed by atoms with E-state index in [1.807, 2.05) is 53.3 Å². The van der Waals surface area contributed by atoms with E-state index in [-0.39, 0.29) is 5.91 Å². The first-order valence-electron chi connectivity index (χ1n) is 10.6. The van der Waals surface area contributed by atoms with Crippen molar-refractivity contribution in [1.29, 1.82) is 5.26 Å². The minimum atomic E-state index is -0.118. The summed E-state index contributed by atoms with van der Waals surface area (Å²) in [7, 11) is 1.76. The van der Waals surface area contributed by atoms with Gasteiger partial charge in [0.15, 0.2) is 0 Å². The number of hydrogen-bond donors (Lipinski definition) is 0. The van der Waals surface area contributed by atoms with Crippen molar-refractivity contribution in [3.05, 3.63) is 114 Å². The Morgan fingerprint density at radius 2 is 1.85 bits per heavy atom. The first kappa shape index (κ1) is 21.7. The summed E-state index contributed by atoms with van der Waals surface area (Å²) in [6, 6.07) is 23.3. The zero-order valence-corrected chi connectivity index (χ0v) is 18.3. The number of nitrogens with zero attached hydrogens (tertiary/aromatic N) is 5. The molecule has 0 aliphatic carbocycles. The Morgan fingerprint density at radius 1 is 1.06 bits per heavy atom. The van der Waals surface area contributed by atoms with Crippen molar-refractivity contribution in [2.75, 3.05) is 7.05 Å². The predicted molar refractivity (Wildman–Crippen MR) is 128 cm³/mol. The van der Waals surface area contributed by atoms with Crippen LogP contribution in [0, 0.1) is 11.3 Å². The highest BCUT2D eigenvalue weighted by atomic mass is 16.2. The average molecular weight is 434 g/mol. The maximum atomic E-state index is 12.7. The normalized spacial score (nSPS) is 10.8. The van der Waals surface area contributed by atoms with Gasteiger partial charge in [-0.1, -0.05) is 42.5 Å². The topological polar surface area (TPSA) is 74.8 Å². The molecule has 0 spiro atoms. The number of pyridine rings is 1. The number of nitriles is 1. The smallest absolute Gasteiger partial charge is 0.246 e. The molecular weight excluding hydrogens is 410 g/mol. The van der Waals surface area contributed by atoms with Crippen LogP contribution in [0.15, 0.2) is 91.4 Å². The number of carbonyl (C=O) groups excluding carboxylic acids is 1. The van der Waals surface area contributed by atoms with Crippen molar-refractivity contribution < 1.29 is 4.79 Å². The number of carbonyl (C=O) groups is 1. The minimum absolute atomic E-state index is 0.118. The summed E-state index contributed by atoms with van der Waals surface area (Å²) in [5, 5.41) is 13.7. The molecule has 4 rings (SSSR count). The second-order valence-corrected chi connectivity index (χ2v) is 7.69. The van der Waals surface area contributed by atoms with Crippen LogP contribution in [0.4, 0.5) is 0 Å². The Hall–Kier alpha value is -4.50. The molecule has 162 valence electrons. The number of rotatable bonds is 7. The SMILES string of the molecule is CN(Cc1ccc(C#N)cc1)C(=O)/C=C/c1cn(Cc2ccccc2)nc1-c1cccnc1. The van der Waals surface area contributed by atoms with E-state index in [1.165, 1.54) is 0 Å². The van der Waals surface area contributed by atoms with Gasteiger partial charge in [-0.15, -0.1) is 0 Å². The fourth-order valence-electron chi connectivity index (χ4n) is 3.46. The summed E-state index contributed by atoms with van der Waals surface area (Å²) in [4.78, 5) is 18.6. The molecule has 0 unspecified atom stereocenters. The molecule has 2 aromatic heterocycles. The minimum Gasteiger partial charge on any atom is -0.338 e. The van der Waals surface area contributed by atoms with Gasteiger partial charge >= 0.3 is 0 Å². The lowest BCUT2D eigenvalue weighted by Crippen LogP contribution is -2.24. The van der Waals surface area contributed by atoms with E-state index in [9.17, 15) is 4.79 Å². The molecule has 0 bridgehead atoms. The zero-order chi connectivity index (χ0) is 23.0. The molecule has 6 nitrogen and oxygen atoms in total. The van der Waals surface area contributed by atoms with Crippen molar-refractivity contribution >= 4 is 12.0 Å². The summed E-state index contributed by atoms with van der Waals surface area (Å²) in [6.45, 7) is 1.09. The molecule has 0 aliphatic rings. The van der Waals surface area contributed by atoms with Gasteiger partial charge < -0.3 is 4.90 Å². The molecular formula is C27H23N5O. The van der Waals surface area contributed by atoms with E-state index in [0.29, 0.717) is 18.7 Å². The van der Waals surface area contributed by atoms with Crippen molar-refractivity contribution in [2.45, 2.75) is 13.1 Å². The van der Waals surface area contributed by atoms with Crippen LogP contribution in [-0.2, 0) is 17.9 Å². The van der Waals surface area contributed by atoms with Gasteiger partial charge in [-0.05, 0) is 41.5 Å². The average Bonchev–Trinajstić information content (AvgIpc) is 3.26.